The summed E-state index contributed by atoms with van der Waals surface area (Å²) in [6.07, 6.45) is 1.40. The molecule has 0 aliphatic carbocycles. The number of anilines is 1. The second kappa shape index (κ2) is 5.43. The van der Waals surface area contributed by atoms with Gasteiger partial charge in [-0.05, 0) is 43.0 Å². The summed E-state index contributed by atoms with van der Waals surface area (Å²) in [5, 5.41) is 13.7. The molecule has 19 heavy (non-hydrogen) atoms. The van der Waals surface area contributed by atoms with Crippen molar-refractivity contribution >= 4 is 23.4 Å². The van der Waals surface area contributed by atoms with Gasteiger partial charge in [-0.3, -0.25) is 0 Å². The van der Waals surface area contributed by atoms with Crippen molar-refractivity contribution < 1.29 is 9.84 Å². The van der Waals surface area contributed by atoms with Crippen LogP contribution in [0.15, 0.2) is 17.7 Å². The molecule has 0 bridgehead atoms. The Labute approximate surface area is 119 Å². The van der Waals surface area contributed by atoms with Crippen molar-refractivity contribution in [2.24, 2.45) is 5.92 Å². The average Bonchev–Trinajstić information content (AvgIpc) is 2.29. The zero-order valence-corrected chi connectivity index (χ0v) is 12.5. The van der Waals surface area contributed by atoms with Crippen LogP contribution in [0.5, 0.6) is 5.75 Å². The molecule has 1 aromatic rings. The standard InChI is InChI=1S/C15H20ClNO2/c1-8(2)11-5-10-6-12(16)14(19-9(3)4)7-13(10)17-15(11)18/h5-9,15,17-18H,1-4H3. The first-order valence-electron chi connectivity index (χ1n) is 6.54. The Morgan fingerprint density at radius 2 is 1.95 bits per heavy atom. The average molecular weight is 282 g/mol. The van der Waals surface area contributed by atoms with Crippen molar-refractivity contribution in [2.75, 3.05) is 5.32 Å². The van der Waals surface area contributed by atoms with Crippen molar-refractivity contribution in [2.45, 2.75) is 40.0 Å². The minimum Gasteiger partial charge on any atom is -0.489 e. The predicted molar refractivity (Wildman–Crippen MR) is 79.7 cm³/mol. The Morgan fingerprint density at radius 3 is 2.53 bits per heavy atom. The summed E-state index contributed by atoms with van der Waals surface area (Å²) in [6.45, 7) is 8.02. The van der Waals surface area contributed by atoms with Crippen LogP contribution in [0.2, 0.25) is 5.02 Å². The smallest absolute Gasteiger partial charge is 0.147 e. The minimum atomic E-state index is -0.652. The van der Waals surface area contributed by atoms with E-state index >= 15 is 0 Å². The third-order valence-corrected chi connectivity index (χ3v) is 3.36. The fourth-order valence-electron chi connectivity index (χ4n) is 2.13. The van der Waals surface area contributed by atoms with E-state index in [4.69, 9.17) is 16.3 Å². The molecule has 2 N–H and O–H groups in total. The fourth-order valence-corrected chi connectivity index (χ4v) is 2.35. The molecule has 1 aliphatic rings. The van der Waals surface area contributed by atoms with E-state index in [9.17, 15) is 5.11 Å². The van der Waals surface area contributed by atoms with E-state index in [1.807, 2.05) is 32.1 Å². The van der Waals surface area contributed by atoms with Crippen LogP contribution in [0.4, 0.5) is 5.69 Å². The first-order valence-corrected chi connectivity index (χ1v) is 6.92. The summed E-state index contributed by atoms with van der Waals surface area (Å²) in [5.74, 6) is 0.914. The molecule has 1 atom stereocenters. The summed E-state index contributed by atoms with van der Waals surface area (Å²) < 4.78 is 5.65. The molecule has 2 rings (SSSR count). The van der Waals surface area contributed by atoms with Crippen LogP contribution >= 0.6 is 11.6 Å². The summed E-state index contributed by atoms with van der Waals surface area (Å²) >= 11 is 6.22. The van der Waals surface area contributed by atoms with Crippen LogP contribution in [0.1, 0.15) is 33.3 Å². The number of hydrogen-bond acceptors (Lipinski definition) is 3. The molecule has 0 saturated heterocycles. The lowest BCUT2D eigenvalue weighted by Crippen LogP contribution is -2.27. The maximum atomic E-state index is 10.1. The summed E-state index contributed by atoms with van der Waals surface area (Å²) in [7, 11) is 0. The zero-order chi connectivity index (χ0) is 14.2. The second-order valence-corrected chi connectivity index (χ2v) is 5.79. The Bertz CT molecular complexity index is 509. The van der Waals surface area contributed by atoms with Gasteiger partial charge in [-0.1, -0.05) is 25.4 Å². The number of aliphatic hydroxyl groups excluding tert-OH is 1. The first-order chi connectivity index (χ1) is 8.88. The molecule has 1 heterocycles. The summed E-state index contributed by atoms with van der Waals surface area (Å²) in [4.78, 5) is 0. The van der Waals surface area contributed by atoms with Gasteiger partial charge in [0.25, 0.3) is 0 Å². The van der Waals surface area contributed by atoms with Gasteiger partial charge in [0.05, 0.1) is 11.1 Å². The number of nitrogens with one attached hydrogen (secondary N) is 1. The highest BCUT2D eigenvalue weighted by molar-refractivity contribution is 6.32. The lowest BCUT2D eigenvalue weighted by molar-refractivity contribution is 0.228. The highest BCUT2D eigenvalue weighted by Crippen LogP contribution is 2.37. The van der Waals surface area contributed by atoms with Crippen LogP contribution < -0.4 is 10.1 Å². The number of ether oxygens (including phenoxy) is 1. The van der Waals surface area contributed by atoms with Crippen LogP contribution in [-0.4, -0.2) is 17.4 Å². The monoisotopic (exact) mass is 281 g/mol. The van der Waals surface area contributed by atoms with E-state index in [1.54, 1.807) is 0 Å². The van der Waals surface area contributed by atoms with Gasteiger partial charge < -0.3 is 15.2 Å². The van der Waals surface area contributed by atoms with Crippen molar-refractivity contribution in [3.05, 3.63) is 28.3 Å². The highest BCUT2D eigenvalue weighted by Gasteiger charge is 2.22. The Kier molecular flexibility index (Phi) is 4.07. The SMILES string of the molecule is CC(C)Oc1cc2c(cc1Cl)C=C(C(C)C)C(O)N2. The molecular weight excluding hydrogens is 262 g/mol. The van der Waals surface area contributed by atoms with Crippen molar-refractivity contribution in [1.82, 2.24) is 0 Å². The lowest BCUT2D eigenvalue weighted by atomic mass is 9.95. The lowest BCUT2D eigenvalue weighted by Gasteiger charge is -2.27. The van der Waals surface area contributed by atoms with Gasteiger partial charge in [0.2, 0.25) is 0 Å². The molecule has 1 unspecified atom stereocenters. The third kappa shape index (κ3) is 3.04. The summed E-state index contributed by atoms with van der Waals surface area (Å²) in [6, 6.07) is 3.71. The second-order valence-electron chi connectivity index (χ2n) is 5.38. The molecule has 0 fully saturated rings. The van der Waals surface area contributed by atoms with Gasteiger partial charge in [-0.2, -0.15) is 0 Å². The highest BCUT2D eigenvalue weighted by atomic mass is 35.5. The predicted octanol–water partition coefficient (Wildman–Crippen LogP) is 3.91. The topological polar surface area (TPSA) is 41.5 Å². The van der Waals surface area contributed by atoms with E-state index in [2.05, 4.69) is 19.2 Å². The van der Waals surface area contributed by atoms with E-state index < -0.39 is 6.23 Å². The third-order valence-electron chi connectivity index (χ3n) is 3.06. The molecule has 4 heteroatoms. The molecule has 0 amide bonds. The molecular formula is C15H20ClNO2. The van der Waals surface area contributed by atoms with Crippen molar-refractivity contribution in [3.63, 3.8) is 0 Å². The minimum absolute atomic E-state index is 0.0610. The largest absolute Gasteiger partial charge is 0.489 e. The molecule has 0 saturated carbocycles. The molecule has 1 aromatic carbocycles. The maximum absolute atomic E-state index is 10.1. The zero-order valence-electron chi connectivity index (χ0n) is 11.7. The number of aliphatic hydroxyl groups is 1. The first kappa shape index (κ1) is 14.2. The Morgan fingerprint density at radius 1 is 1.26 bits per heavy atom. The molecule has 0 spiro atoms. The number of rotatable bonds is 3. The maximum Gasteiger partial charge on any atom is 0.147 e. The van der Waals surface area contributed by atoms with Crippen LogP contribution in [0.25, 0.3) is 6.08 Å². The van der Waals surface area contributed by atoms with Gasteiger partial charge in [-0.15, -0.1) is 0 Å². The van der Waals surface area contributed by atoms with Crippen LogP contribution in [0.3, 0.4) is 0 Å². The Hall–Kier alpha value is -1.19. The van der Waals surface area contributed by atoms with Gasteiger partial charge in [0.15, 0.2) is 0 Å². The number of hydrogen-bond donors (Lipinski definition) is 2. The number of benzene rings is 1. The van der Waals surface area contributed by atoms with E-state index in [0.717, 1.165) is 16.8 Å². The molecule has 3 nitrogen and oxygen atoms in total. The van der Waals surface area contributed by atoms with Crippen LogP contribution in [-0.2, 0) is 0 Å². The fraction of sp³-hybridized carbons (Fsp3) is 0.467. The van der Waals surface area contributed by atoms with E-state index in [-0.39, 0.29) is 12.0 Å². The molecule has 104 valence electrons. The van der Waals surface area contributed by atoms with Gasteiger partial charge in [-0.25, -0.2) is 0 Å². The molecule has 1 aliphatic heterocycles. The Balaban J connectivity index is 2.41. The number of fused-ring (bicyclic) bond motifs is 1. The summed E-state index contributed by atoms with van der Waals surface area (Å²) in [5.41, 5.74) is 2.79. The van der Waals surface area contributed by atoms with Gasteiger partial charge in [0.1, 0.15) is 12.0 Å². The molecule has 0 aromatic heterocycles. The van der Waals surface area contributed by atoms with Gasteiger partial charge >= 0.3 is 0 Å². The molecule has 0 radical (unpaired) electrons. The van der Waals surface area contributed by atoms with Crippen molar-refractivity contribution in [3.8, 4) is 5.75 Å². The van der Waals surface area contributed by atoms with Crippen molar-refractivity contribution in [1.29, 1.82) is 0 Å². The van der Waals surface area contributed by atoms with E-state index in [0.29, 0.717) is 10.8 Å². The van der Waals surface area contributed by atoms with Gasteiger partial charge in [0, 0.05) is 11.8 Å². The van der Waals surface area contributed by atoms with E-state index in [1.165, 1.54) is 0 Å². The normalized spacial score (nSPS) is 18.1. The quantitative estimate of drug-likeness (QED) is 0.883. The number of halogens is 1. The van der Waals surface area contributed by atoms with Crippen LogP contribution in [0, 0.1) is 5.92 Å².